The molecule has 1 saturated heterocycles. The number of thiazole rings is 1. The van der Waals surface area contributed by atoms with Gasteiger partial charge in [0.25, 0.3) is 0 Å². The van der Waals surface area contributed by atoms with Crippen molar-refractivity contribution in [1.29, 1.82) is 0 Å². The average molecular weight is 419 g/mol. The highest BCUT2D eigenvalue weighted by Gasteiger charge is 2.16. The van der Waals surface area contributed by atoms with Crippen LogP contribution in [0.25, 0.3) is 10.6 Å². The normalized spacial score (nSPS) is 14.9. The van der Waals surface area contributed by atoms with Crippen molar-refractivity contribution >= 4 is 39.6 Å². The quantitative estimate of drug-likeness (QED) is 0.530. The summed E-state index contributed by atoms with van der Waals surface area (Å²) in [5.74, 6) is 1.37. The largest absolute Gasteiger partial charge is 0.378 e. The Morgan fingerprint density at radius 2 is 1.93 bits per heavy atom. The number of benzene rings is 1. The van der Waals surface area contributed by atoms with E-state index in [0.717, 1.165) is 52.2 Å². The molecular weight excluding hydrogens is 396 g/mol. The summed E-state index contributed by atoms with van der Waals surface area (Å²) in [5, 5.41) is 12.9. The van der Waals surface area contributed by atoms with E-state index < -0.39 is 0 Å². The molecule has 3 aromatic rings. The number of rotatable bonds is 6. The van der Waals surface area contributed by atoms with E-state index in [2.05, 4.69) is 58.6 Å². The summed E-state index contributed by atoms with van der Waals surface area (Å²) in [6.45, 7) is 7.75. The molecule has 0 amide bonds. The molecule has 1 aliphatic rings. The van der Waals surface area contributed by atoms with Gasteiger partial charge in [0.2, 0.25) is 5.13 Å². The number of thioether (sulfide) groups is 1. The number of nitrogens with zero attached hydrogens (tertiary/aromatic N) is 4. The molecule has 27 heavy (non-hydrogen) atoms. The Morgan fingerprint density at radius 1 is 1.15 bits per heavy atom. The van der Waals surface area contributed by atoms with Crippen molar-refractivity contribution in [3.05, 3.63) is 40.9 Å². The van der Waals surface area contributed by atoms with Gasteiger partial charge in [-0.05, 0) is 11.5 Å². The number of hydrogen-bond donors (Lipinski definition) is 0. The van der Waals surface area contributed by atoms with Gasteiger partial charge < -0.3 is 9.64 Å². The first-order valence-corrected chi connectivity index (χ1v) is 11.7. The van der Waals surface area contributed by atoms with Gasteiger partial charge in [-0.25, -0.2) is 4.98 Å². The highest BCUT2D eigenvalue weighted by atomic mass is 32.2. The lowest BCUT2D eigenvalue weighted by Gasteiger charge is -2.25. The van der Waals surface area contributed by atoms with E-state index in [1.165, 1.54) is 11.1 Å². The van der Waals surface area contributed by atoms with Crippen LogP contribution in [0.4, 0.5) is 5.13 Å². The zero-order chi connectivity index (χ0) is 18.6. The monoisotopic (exact) mass is 418 g/mol. The maximum absolute atomic E-state index is 5.39. The fourth-order valence-corrected chi connectivity index (χ4v) is 5.51. The molecule has 0 bridgehead atoms. The first-order valence-electron chi connectivity index (χ1n) is 9.03. The molecule has 1 aliphatic heterocycles. The van der Waals surface area contributed by atoms with Gasteiger partial charge in [0.1, 0.15) is 5.01 Å². The Balaban J connectivity index is 1.36. The Labute approximate surface area is 171 Å². The number of hydrogen-bond acceptors (Lipinski definition) is 8. The standard InChI is InChI=1S/C19H22N4OS3/c1-13(2)14-3-5-15(6-4-14)17-20-16(11-25-17)12-26-19-22-21-18(27-19)23-7-9-24-10-8-23/h3-6,11,13H,7-10,12H2,1-2H3. The molecule has 0 radical (unpaired) electrons. The van der Waals surface area contributed by atoms with Gasteiger partial charge in [-0.1, -0.05) is 61.2 Å². The van der Waals surface area contributed by atoms with Crippen molar-refractivity contribution in [3.8, 4) is 10.6 Å². The highest BCUT2D eigenvalue weighted by Crippen LogP contribution is 2.32. The van der Waals surface area contributed by atoms with Crippen LogP contribution < -0.4 is 4.90 Å². The van der Waals surface area contributed by atoms with Gasteiger partial charge >= 0.3 is 0 Å². The van der Waals surface area contributed by atoms with Crippen molar-refractivity contribution < 1.29 is 4.74 Å². The molecule has 0 N–H and O–H groups in total. The molecular formula is C19H22N4OS3. The second-order valence-corrected chi connectivity index (χ2v) is 9.70. The topological polar surface area (TPSA) is 51.1 Å². The SMILES string of the molecule is CC(C)c1ccc(-c2nc(CSc3nnc(N4CCOCC4)s3)cs2)cc1. The Morgan fingerprint density at radius 3 is 2.67 bits per heavy atom. The Hall–Kier alpha value is -1.48. The fraction of sp³-hybridized carbons (Fsp3) is 0.421. The molecule has 2 aromatic heterocycles. The van der Waals surface area contributed by atoms with E-state index in [1.54, 1.807) is 34.4 Å². The van der Waals surface area contributed by atoms with Crippen LogP contribution in [0, 0.1) is 0 Å². The molecule has 0 atom stereocenters. The van der Waals surface area contributed by atoms with Crippen molar-refractivity contribution in [1.82, 2.24) is 15.2 Å². The second-order valence-electron chi connectivity index (χ2n) is 6.66. The van der Waals surface area contributed by atoms with Crippen LogP contribution in [-0.2, 0) is 10.5 Å². The van der Waals surface area contributed by atoms with Crippen LogP contribution in [0.2, 0.25) is 0 Å². The highest BCUT2D eigenvalue weighted by molar-refractivity contribution is 8.00. The third kappa shape index (κ3) is 4.68. The van der Waals surface area contributed by atoms with Crippen LogP contribution in [0.15, 0.2) is 34.0 Å². The Bertz CT molecular complexity index is 869. The van der Waals surface area contributed by atoms with Crippen LogP contribution in [0.1, 0.15) is 31.0 Å². The summed E-state index contributed by atoms with van der Waals surface area (Å²) in [6.07, 6.45) is 0. The maximum atomic E-state index is 5.39. The number of ether oxygens (including phenoxy) is 1. The van der Waals surface area contributed by atoms with Gasteiger partial charge in [0.15, 0.2) is 4.34 Å². The molecule has 3 heterocycles. The molecule has 142 valence electrons. The van der Waals surface area contributed by atoms with E-state index in [4.69, 9.17) is 9.72 Å². The van der Waals surface area contributed by atoms with Gasteiger partial charge in [0.05, 0.1) is 18.9 Å². The fourth-order valence-electron chi connectivity index (χ4n) is 2.80. The van der Waals surface area contributed by atoms with Gasteiger partial charge in [-0.3, -0.25) is 0 Å². The molecule has 5 nitrogen and oxygen atoms in total. The van der Waals surface area contributed by atoms with Crippen molar-refractivity contribution in [2.75, 3.05) is 31.2 Å². The van der Waals surface area contributed by atoms with E-state index >= 15 is 0 Å². The van der Waals surface area contributed by atoms with E-state index in [-0.39, 0.29) is 0 Å². The first-order chi connectivity index (χ1) is 13.2. The summed E-state index contributed by atoms with van der Waals surface area (Å²) in [5.41, 5.74) is 3.64. The lowest BCUT2D eigenvalue weighted by atomic mass is 10.0. The van der Waals surface area contributed by atoms with Crippen LogP contribution in [0.3, 0.4) is 0 Å². The van der Waals surface area contributed by atoms with Gasteiger partial charge in [-0.2, -0.15) is 0 Å². The van der Waals surface area contributed by atoms with E-state index in [0.29, 0.717) is 5.92 Å². The summed E-state index contributed by atoms with van der Waals surface area (Å²) >= 11 is 5.06. The smallest absolute Gasteiger partial charge is 0.209 e. The number of aromatic nitrogens is 3. The lowest BCUT2D eigenvalue weighted by Crippen LogP contribution is -2.36. The Kier molecular flexibility index (Phi) is 6.07. The predicted molar refractivity (Wildman–Crippen MR) is 114 cm³/mol. The van der Waals surface area contributed by atoms with Gasteiger partial charge in [-0.15, -0.1) is 21.5 Å². The lowest BCUT2D eigenvalue weighted by molar-refractivity contribution is 0.122. The molecule has 0 saturated carbocycles. The number of anilines is 1. The molecule has 0 unspecified atom stereocenters. The molecule has 1 fully saturated rings. The summed E-state index contributed by atoms with van der Waals surface area (Å²) in [6, 6.07) is 8.74. The van der Waals surface area contributed by atoms with Crippen molar-refractivity contribution in [2.24, 2.45) is 0 Å². The minimum absolute atomic E-state index is 0.552. The molecule has 4 rings (SSSR count). The second kappa shape index (κ2) is 8.68. The number of morpholine rings is 1. The zero-order valence-electron chi connectivity index (χ0n) is 15.4. The first kappa shape index (κ1) is 18.9. The average Bonchev–Trinajstić information content (AvgIpc) is 3.37. The third-order valence-corrected chi connectivity index (χ3v) is 7.49. The molecule has 1 aromatic carbocycles. The van der Waals surface area contributed by atoms with Crippen molar-refractivity contribution in [3.63, 3.8) is 0 Å². The molecule has 8 heteroatoms. The third-order valence-electron chi connectivity index (χ3n) is 4.40. The molecule has 0 aliphatic carbocycles. The molecule has 0 spiro atoms. The minimum Gasteiger partial charge on any atom is -0.378 e. The summed E-state index contributed by atoms with van der Waals surface area (Å²) in [7, 11) is 0. The van der Waals surface area contributed by atoms with E-state index in [9.17, 15) is 0 Å². The maximum Gasteiger partial charge on any atom is 0.209 e. The van der Waals surface area contributed by atoms with E-state index in [1.807, 2.05) is 0 Å². The van der Waals surface area contributed by atoms with Crippen molar-refractivity contribution in [2.45, 2.75) is 29.9 Å². The minimum atomic E-state index is 0.552. The summed E-state index contributed by atoms with van der Waals surface area (Å²) < 4.78 is 6.39. The predicted octanol–water partition coefficient (Wildman–Crippen LogP) is 4.91. The van der Waals surface area contributed by atoms with Crippen LogP contribution in [-0.4, -0.2) is 41.5 Å². The van der Waals surface area contributed by atoms with Crippen LogP contribution >= 0.6 is 34.4 Å². The van der Waals surface area contributed by atoms with Crippen LogP contribution in [0.5, 0.6) is 0 Å². The van der Waals surface area contributed by atoms with Gasteiger partial charge in [0, 0.05) is 29.8 Å². The zero-order valence-corrected chi connectivity index (χ0v) is 17.9. The summed E-state index contributed by atoms with van der Waals surface area (Å²) in [4.78, 5) is 7.04.